The average molecular weight is 609 g/mol. The van der Waals surface area contributed by atoms with E-state index in [-0.39, 0.29) is 24.2 Å². The van der Waals surface area contributed by atoms with Crippen LogP contribution in [-0.2, 0) is 23.1 Å². The fraction of sp³-hybridized carbons (Fsp3) is 0.486. The molecular formula is C35H39ClF2N2O3. The van der Waals surface area contributed by atoms with E-state index in [9.17, 15) is 18.7 Å². The molecule has 6 rings (SSSR count). The van der Waals surface area contributed by atoms with Crippen LogP contribution in [0.4, 0.5) is 14.5 Å². The van der Waals surface area contributed by atoms with Gasteiger partial charge in [-0.25, -0.2) is 13.6 Å². The lowest BCUT2D eigenvalue weighted by molar-refractivity contribution is -0.144. The normalized spacial score (nSPS) is 28.1. The first-order chi connectivity index (χ1) is 20.5. The van der Waals surface area contributed by atoms with Crippen molar-refractivity contribution >= 4 is 23.3 Å². The number of pyridine rings is 1. The van der Waals surface area contributed by atoms with Crippen molar-refractivity contribution in [3.63, 3.8) is 0 Å². The summed E-state index contributed by atoms with van der Waals surface area (Å²) in [6.07, 6.45) is 6.08. The molecule has 0 radical (unpaired) electrons. The zero-order chi connectivity index (χ0) is 30.4. The Labute approximate surface area is 257 Å². The minimum atomic E-state index is -2.77. The fourth-order valence-corrected chi connectivity index (χ4v) is 8.18. The Hall–Kier alpha value is -3.19. The molecule has 2 N–H and O–H groups in total. The van der Waals surface area contributed by atoms with Crippen LogP contribution in [0.1, 0.15) is 80.7 Å². The van der Waals surface area contributed by atoms with Crippen molar-refractivity contribution in [2.45, 2.75) is 88.0 Å². The number of aryl methyl sites for hydroxylation is 1. The summed E-state index contributed by atoms with van der Waals surface area (Å²) in [5.74, 6) is -3.52. The van der Waals surface area contributed by atoms with Gasteiger partial charge in [0.1, 0.15) is 11.3 Å². The topological polar surface area (TPSA) is 71.5 Å². The van der Waals surface area contributed by atoms with E-state index in [1.165, 1.54) is 11.1 Å². The number of ether oxygens (including phenoxy) is 1. The fourth-order valence-electron chi connectivity index (χ4n) is 7.99. The van der Waals surface area contributed by atoms with Gasteiger partial charge >= 0.3 is 5.97 Å². The Kier molecular flexibility index (Phi) is 7.91. The van der Waals surface area contributed by atoms with Gasteiger partial charge in [0.25, 0.3) is 5.92 Å². The molecule has 1 spiro atoms. The molecule has 43 heavy (non-hydrogen) atoms. The molecule has 0 aliphatic heterocycles. The monoisotopic (exact) mass is 608 g/mol. The first-order valence-corrected chi connectivity index (χ1v) is 15.7. The summed E-state index contributed by atoms with van der Waals surface area (Å²) in [5, 5.41) is 14.3. The SMILES string of the molecule is C[C@@H](COc1ccnc2c1[C@@H](C)C(F)(F)CC2)C[C@H]1Cc2ccccc2C12CCC(Nc1cccc(Cl)c1)(C(=O)O)CC2. The van der Waals surface area contributed by atoms with E-state index in [2.05, 4.69) is 41.5 Å². The predicted molar refractivity (Wildman–Crippen MR) is 164 cm³/mol. The molecule has 3 aliphatic rings. The van der Waals surface area contributed by atoms with E-state index in [4.69, 9.17) is 16.3 Å². The molecular weight excluding hydrogens is 570 g/mol. The van der Waals surface area contributed by atoms with Crippen molar-refractivity contribution in [2.24, 2.45) is 11.8 Å². The Balaban J connectivity index is 1.19. The number of carbonyl (C=O) groups is 1. The Morgan fingerprint density at radius 2 is 1.88 bits per heavy atom. The number of aliphatic carboxylic acids is 1. The van der Waals surface area contributed by atoms with Gasteiger partial charge in [0.15, 0.2) is 0 Å². The number of nitrogens with one attached hydrogen (secondary N) is 1. The molecule has 0 unspecified atom stereocenters. The second-order valence-corrected chi connectivity index (χ2v) is 13.5. The van der Waals surface area contributed by atoms with Crippen LogP contribution in [-0.4, -0.2) is 34.1 Å². The lowest BCUT2D eigenvalue weighted by Crippen LogP contribution is -2.53. The van der Waals surface area contributed by atoms with E-state index >= 15 is 0 Å². The van der Waals surface area contributed by atoms with Crippen LogP contribution in [0.25, 0.3) is 0 Å². The van der Waals surface area contributed by atoms with Gasteiger partial charge in [-0.15, -0.1) is 0 Å². The molecule has 3 aromatic rings. The maximum absolute atomic E-state index is 14.6. The summed E-state index contributed by atoms with van der Waals surface area (Å²) >= 11 is 6.19. The number of carboxylic acids is 1. The number of alkyl halides is 2. The van der Waals surface area contributed by atoms with Crippen molar-refractivity contribution in [2.75, 3.05) is 11.9 Å². The minimum Gasteiger partial charge on any atom is -0.493 e. The minimum absolute atomic E-state index is 0.119. The summed E-state index contributed by atoms with van der Waals surface area (Å²) in [7, 11) is 0. The number of hydrogen-bond donors (Lipinski definition) is 2. The molecule has 3 atom stereocenters. The van der Waals surface area contributed by atoms with Gasteiger partial charge in [-0.2, -0.15) is 0 Å². The van der Waals surface area contributed by atoms with Gasteiger partial charge in [-0.1, -0.05) is 55.8 Å². The van der Waals surface area contributed by atoms with Crippen LogP contribution in [0, 0.1) is 11.8 Å². The second kappa shape index (κ2) is 11.4. The second-order valence-electron chi connectivity index (χ2n) is 13.0. The number of fused-ring (bicyclic) bond motifs is 3. The highest BCUT2D eigenvalue weighted by molar-refractivity contribution is 6.30. The summed E-state index contributed by atoms with van der Waals surface area (Å²) in [5.41, 5.74) is 3.47. The summed E-state index contributed by atoms with van der Waals surface area (Å²) in [6.45, 7) is 4.15. The van der Waals surface area contributed by atoms with Crippen molar-refractivity contribution in [1.82, 2.24) is 4.98 Å². The Morgan fingerprint density at radius 1 is 1.12 bits per heavy atom. The van der Waals surface area contributed by atoms with Crippen LogP contribution < -0.4 is 10.1 Å². The number of carboxylic acid groups (broad SMARTS) is 1. The molecule has 0 saturated heterocycles. The number of rotatable bonds is 8. The molecule has 5 nitrogen and oxygen atoms in total. The third kappa shape index (κ3) is 5.50. The van der Waals surface area contributed by atoms with E-state index in [0.717, 1.165) is 25.7 Å². The van der Waals surface area contributed by atoms with Crippen LogP contribution in [0.15, 0.2) is 60.8 Å². The average Bonchev–Trinajstić information content (AvgIpc) is 3.27. The summed E-state index contributed by atoms with van der Waals surface area (Å²) in [4.78, 5) is 17.1. The van der Waals surface area contributed by atoms with E-state index in [1.807, 2.05) is 12.1 Å². The maximum Gasteiger partial charge on any atom is 0.329 e. The van der Waals surface area contributed by atoms with Crippen LogP contribution in [0.5, 0.6) is 5.75 Å². The van der Waals surface area contributed by atoms with E-state index in [1.54, 1.807) is 31.3 Å². The Morgan fingerprint density at radius 3 is 2.63 bits per heavy atom. The van der Waals surface area contributed by atoms with Crippen molar-refractivity contribution in [3.8, 4) is 5.75 Å². The highest BCUT2D eigenvalue weighted by Crippen LogP contribution is 2.56. The van der Waals surface area contributed by atoms with Gasteiger partial charge in [0.2, 0.25) is 0 Å². The number of benzene rings is 2. The molecule has 1 aromatic heterocycles. The summed E-state index contributed by atoms with van der Waals surface area (Å²) < 4.78 is 35.4. The molecule has 8 heteroatoms. The molecule has 2 aromatic carbocycles. The van der Waals surface area contributed by atoms with Crippen molar-refractivity contribution in [3.05, 3.63) is 88.2 Å². The van der Waals surface area contributed by atoms with Crippen LogP contribution in [0.3, 0.4) is 0 Å². The highest BCUT2D eigenvalue weighted by Gasteiger charge is 2.54. The lowest BCUT2D eigenvalue weighted by Gasteiger charge is -2.47. The van der Waals surface area contributed by atoms with Gasteiger partial charge in [0.05, 0.1) is 12.5 Å². The molecule has 0 amide bonds. The predicted octanol–water partition coefficient (Wildman–Crippen LogP) is 8.44. The van der Waals surface area contributed by atoms with E-state index < -0.39 is 23.3 Å². The van der Waals surface area contributed by atoms with Gasteiger partial charge in [-0.05, 0) is 97.6 Å². The van der Waals surface area contributed by atoms with Crippen molar-refractivity contribution < 1.29 is 23.4 Å². The largest absolute Gasteiger partial charge is 0.493 e. The van der Waals surface area contributed by atoms with Crippen LogP contribution in [0.2, 0.25) is 5.02 Å². The van der Waals surface area contributed by atoms with Gasteiger partial charge in [0, 0.05) is 34.6 Å². The van der Waals surface area contributed by atoms with E-state index in [0.29, 0.717) is 53.1 Å². The number of anilines is 1. The number of halogens is 3. The number of hydrogen-bond acceptors (Lipinski definition) is 4. The first-order valence-electron chi connectivity index (χ1n) is 15.4. The zero-order valence-corrected chi connectivity index (χ0v) is 25.5. The smallest absolute Gasteiger partial charge is 0.329 e. The van der Waals surface area contributed by atoms with Crippen molar-refractivity contribution in [1.29, 1.82) is 0 Å². The Bertz CT molecular complexity index is 1500. The lowest BCUT2D eigenvalue weighted by atomic mass is 9.59. The first kappa shape index (κ1) is 29.9. The molecule has 1 heterocycles. The molecule has 0 bridgehead atoms. The molecule has 1 fully saturated rings. The zero-order valence-electron chi connectivity index (χ0n) is 24.7. The third-order valence-electron chi connectivity index (χ3n) is 10.4. The van der Waals surface area contributed by atoms with Gasteiger partial charge < -0.3 is 15.2 Å². The summed E-state index contributed by atoms with van der Waals surface area (Å²) in [6, 6.07) is 17.5. The molecule has 3 aliphatic carbocycles. The standard InChI is InChI=1S/C35H39ClF2N2O3/c1-22(21-43-30-11-17-39-29-10-12-35(37,38)23(2)31(29)30)18-25-19-24-6-3-4-9-28(24)33(25)13-15-34(16-14-33,32(41)42)40-27-8-5-7-26(36)20-27/h3-9,11,17,20,22-23,25,40H,10,12-16,18-19,21H2,1-2H3,(H,41,42)/t22-,23-,25+,33?,34?/m1/s1. The third-order valence-corrected chi connectivity index (χ3v) is 10.7. The molecule has 228 valence electrons. The number of aromatic nitrogens is 1. The number of nitrogens with zero attached hydrogens (tertiary/aromatic N) is 1. The van der Waals surface area contributed by atoms with Crippen LogP contribution >= 0.6 is 11.6 Å². The quantitative estimate of drug-likeness (QED) is 0.268. The maximum atomic E-state index is 14.6. The molecule has 1 saturated carbocycles. The van der Waals surface area contributed by atoms with Gasteiger partial charge in [-0.3, -0.25) is 4.98 Å². The highest BCUT2D eigenvalue weighted by atomic mass is 35.5.